The molecule has 37 heavy (non-hydrogen) atoms. The summed E-state index contributed by atoms with van der Waals surface area (Å²) in [5, 5.41) is 16.8. The summed E-state index contributed by atoms with van der Waals surface area (Å²) in [5.74, 6) is -3.36. The lowest BCUT2D eigenvalue weighted by molar-refractivity contribution is -0.192. The van der Waals surface area contributed by atoms with Crippen molar-refractivity contribution in [1.82, 2.24) is 0 Å². The maximum atomic E-state index is 12.6. The molecule has 0 saturated carbocycles. The van der Waals surface area contributed by atoms with Crippen LogP contribution in [0.1, 0.15) is 15.9 Å². The minimum atomic E-state index is -5.08. The number of halogens is 3. The van der Waals surface area contributed by atoms with Gasteiger partial charge in [-0.25, -0.2) is 18.0 Å². The van der Waals surface area contributed by atoms with E-state index in [0.29, 0.717) is 18.0 Å². The van der Waals surface area contributed by atoms with E-state index in [-0.39, 0.29) is 16.1 Å². The van der Waals surface area contributed by atoms with Crippen LogP contribution in [0.4, 0.5) is 24.5 Å². The summed E-state index contributed by atoms with van der Waals surface area (Å²) in [4.78, 5) is 22.6. The number of methoxy groups -OCH3 is 1. The molecule has 0 saturated heterocycles. The fourth-order valence-electron chi connectivity index (χ4n) is 3.02. The van der Waals surface area contributed by atoms with Crippen molar-refractivity contribution < 1.29 is 46.1 Å². The van der Waals surface area contributed by atoms with Crippen LogP contribution >= 0.6 is 0 Å². The van der Waals surface area contributed by atoms with E-state index in [4.69, 9.17) is 14.6 Å². The van der Waals surface area contributed by atoms with Crippen molar-refractivity contribution in [3.05, 3.63) is 83.9 Å². The molecule has 0 fully saturated rings. The summed E-state index contributed by atoms with van der Waals surface area (Å²) >= 11 is 0. The average molecular weight is 541 g/mol. The Hall–Kier alpha value is -4.26. The number of carbonyl (C=O) groups is 2. The number of anilines is 2. The van der Waals surface area contributed by atoms with Crippen LogP contribution < -0.4 is 14.4 Å². The molecule has 0 heterocycles. The maximum absolute atomic E-state index is 12.6. The Kier molecular flexibility index (Phi) is 9.49. The van der Waals surface area contributed by atoms with Gasteiger partial charge in [0.2, 0.25) is 0 Å². The van der Waals surface area contributed by atoms with Gasteiger partial charge in [0, 0.05) is 19.3 Å². The number of alkyl halides is 3. The third-order valence-corrected chi connectivity index (χ3v) is 6.16. The molecule has 0 aliphatic carbocycles. The van der Waals surface area contributed by atoms with Crippen LogP contribution in [0.5, 0.6) is 5.75 Å². The van der Waals surface area contributed by atoms with E-state index in [2.05, 4.69) is 4.72 Å². The van der Waals surface area contributed by atoms with Crippen LogP contribution in [-0.2, 0) is 21.4 Å². The molecule has 3 rings (SSSR count). The first-order chi connectivity index (χ1) is 17.2. The second-order valence-electron chi connectivity index (χ2n) is 7.46. The molecule has 0 aliphatic rings. The van der Waals surface area contributed by atoms with E-state index in [1.807, 2.05) is 30.3 Å². The summed E-state index contributed by atoms with van der Waals surface area (Å²) in [6.45, 7) is 0.512. The second kappa shape index (κ2) is 12.1. The number of benzene rings is 3. The number of aliphatic carboxylic acids is 1. The molecule has 0 atom stereocenters. The van der Waals surface area contributed by atoms with E-state index < -0.39 is 28.1 Å². The number of nitrogens with zero attached hydrogens (tertiary/aromatic N) is 1. The summed E-state index contributed by atoms with van der Waals surface area (Å²) in [5.41, 5.74) is 1.68. The van der Waals surface area contributed by atoms with Crippen LogP contribution in [-0.4, -0.2) is 50.9 Å². The Morgan fingerprint density at radius 2 is 1.54 bits per heavy atom. The van der Waals surface area contributed by atoms with Gasteiger partial charge in [-0.3, -0.25) is 4.72 Å². The fraction of sp³-hybridized carbons (Fsp3) is 0.167. The SMILES string of the molecule is COc1ccc(S(=O)(=O)Nc2ccc(N(C)Cc3ccccc3)c(C(=O)O)c2)cc1.O=C(O)C(F)(F)F. The molecule has 0 radical (unpaired) electrons. The lowest BCUT2D eigenvalue weighted by atomic mass is 10.1. The number of hydrogen-bond donors (Lipinski definition) is 3. The first-order valence-corrected chi connectivity index (χ1v) is 11.8. The van der Waals surface area contributed by atoms with Crippen molar-refractivity contribution in [2.24, 2.45) is 0 Å². The smallest absolute Gasteiger partial charge is 0.490 e. The quantitative estimate of drug-likeness (QED) is 0.381. The zero-order chi connectivity index (χ0) is 27.8. The van der Waals surface area contributed by atoms with E-state index in [1.165, 1.54) is 25.3 Å². The lowest BCUT2D eigenvalue weighted by Crippen LogP contribution is -2.21. The number of carboxylic acids is 2. The largest absolute Gasteiger partial charge is 0.497 e. The highest BCUT2D eigenvalue weighted by Gasteiger charge is 2.38. The van der Waals surface area contributed by atoms with Crippen molar-refractivity contribution in [2.45, 2.75) is 17.6 Å². The Morgan fingerprint density at radius 3 is 2.03 bits per heavy atom. The zero-order valence-electron chi connectivity index (χ0n) is 19.6. The third-order valence-electron chi connectivity index (χ3n) is 4.77. The predicted octanol–water partition coefficient (Wildman–Crippen LogP) is 4.46. The molecule has 0 amide bonds. The monoisotopic (exact) mass is 540 g/mol. The number of nitrogens with one attached hydrogen (secondary N) is 1. The van der Waals surface area contributed by atoms with Gasteiger partial charge in [0.1, 0.15) is 5.75 Å². The first kappa shape index (κ1) is 29.0. The normalized spacial score (nSPS) is 11.1. The maximum Gasteiger partial charge on any atom is 0.490 e. The van der Waals surface area contributed by atoms with Crippen LogP contribution in [0.25, 0.3) is 0 Å². The zero-order valence-corrected chi connectivity index (χ0v) is 20.4. The Morgan fingerprint density at radius 1 is 0.973 bits per heavy atom. The molecule has 0 bridgehead atoms. The summed E-state index contributed by atoms with van der Waals surface area (Å²) in [6.07, 6.45) is -5.08. The summed E-state index contributed by atoms with van der Waals surface area (Å²) in [6, 6.07) is 20.0. The highest BCUT2D eigenvalue weighted by Crippen LogP contribution is 2.27. The molecule has 3 N–H and O–H groups in total. The molecule has 0 spiro atoms. The van der Waals surface area contributed by atoms with Gasteiger partial charge in [0.25, 0.3) is 10.0 Å². The number of hydrogen-bond acceptors (Lipinski definition) is 6. The van der Waals surface area contributed by atoms with E-state index >= 15 is 0 Å². The van der Waals surface area contributed by atoms with Crippen LogP contribution in [0.3, 0.4) is 0 Å². The molecule has 0 aliphatic heterocycles. The number of aromatic carboxylic acids is 1. The standard InChI is InChI=1S/C22H22N2O5S.C2HF3O2/c1-24(15-16-6-4-3-5-7-16)21-13-8-17(14-20(21)22(25)26)23-30(27,28)19-11-9-18(29-2)10-12-19;3-2(4,5)1(6)7/h3-14,23H,15H2,1-2H3,(H,25,26);(H,6,7). The van der Waals surface area contributed by atoms with Crippen LogP contribution in [0.15, 0.2) is 77.7 Å². The Bertz CT molecular complexity index is 1330. The highest BCUT2D eigenvalue weighted by atomic mass is 32.2. The summed E-state index contributed by atoms with van der Waals surface area (Å²) in [7, 11) is -0.595. The van der Waals surface area contributed by atoms with Crippen LogP contribution in [0, 0.1) is 0 Å². The van der Waals surface area contributed by atoms with Gasteiger partial charge in [-0.1, -0.05) is 30.3 Å². The van der Waals surface area contributed by atoms with Crippen molar-refractivity contribution in [3.8, 4) is 5.75 Å². The molecule has 9 nitrogen and oxygen atoms in total. The molecular formula is C24H23F3N2O7S. The molecule has 198 valence electrons. The first-order valence-electron chi connectivity index (χ1n) is 10.3. The molecule has 3 aromatic rings. The fourth-order valence-corrected chi connectivity index (χ4v) is 4.06. The van der Waals surface area contributed by atoms with Crippen molar-refractivity contribution >= 4 is 33.3 Å². The van der Waals surface area contributed by atoms with Gasteiger partial charge < -0.3 is 19.8 Å². The molecule has 3 aromatic carbocycles. The van der Waals surface area contributed by atoms with Gasteiger partial charge in [0.05, 0.1) is 23.3 Å². The van der Waals surface area contributed by atoms with Crippen molar-refractivity contribution in [3.63, 3.8) is 0 Å². The Labute approximate surface area is 210 Å². The van der Waals surface area contributed by atoms with Crippen molar-refractivity contribution in [2.75, 3.05) is 23.8 Å². The van der Waals surface area contributed by atoms with E-state index in [0.717, 1.165) is 5.56 Å². The van der Waals surface area contributed by atoms with Gasteiger partial charge in [0.15, 0.2) is 0 Å². The third kappa shape index (κ3) is 8.42. The number of rotatable bonds is 8. The van der Waals surface area contributed by atoms with Gasteiger partial charge >= 0.3 is 18.1 Å². The van der Waals surface area contributed by atoms with E-state index in [9.17, 15) is 31.5 Å². The number of carboxylic acid groups (broad SMARTS) is 2. The molecular weight excluding hydrogens is 517 g/mol. The van der Waals surface area contributed by atoms with Gasteiger partial charge in [-0.05, 0) is 48.0 Å². The van der Waals surface area contributed by atoms with Crippen LogP contribution in [0.2, 0.25) is 0 Å². The molecule has 13 heteroatoms. The number of ether oxygens (including phenoxy) is 1. The Balaban J connectivity index is 0.000000604. The number of sulfonamides is 1. The van der Waals surface area contributed by atoms with Gasteiger partial charge in [-0.15, -0.1) is 0 Å². The molecule has 0 unspecified atom stereocenters. The topological polar surface area (TPSA) is 133 Å². The molecule has 0 aromatic heterocycles. The van der Waals surface area contributed by atoms with E-state index in [1.54, 1.807) is 36.2 Å². The second-order valence-corrected chi connectivity index (χ2v) is 9.15. The summed E-state index contributed by atoms with van der Waals surface area (Å²) < 4.78 is 64.5. The minimum absolute atomic E-state index is 0.00311. The average Bonchev–Trinajstić information content (AvgIpc) is 2.84. The minimum Gasteiger partial charge on any atom is -0.497 e. The van der Waals surface area contributed by atoms with Crippen molar-refractivity contribution in [1.29, 1.82) is 0 Å². The lowest BCUT2D eigenvalue weighted by Gasteiger charge is -2.22. The highest BCUT2D eigenvalue weighted by molar-refractivity contribution is 7.92. The predicted molar refractivity (Wildman–Crippen MR) is 129 cm³/mol. The van der Waals surface area contributed by atoms with Gasteiger partial charge in [-0.2, -0.15) is 13.2 Å².